The van der Waals surface area contributed by atoms with Crippen LogP contribution in [0, 0.1) is 0 Å². The first-order chi connectivity index (χ1) is 24.7. The van der Waals surface area contributed by atoms with Crippen molar-refractivity contribution in [3.05, 3.63) is 158 Å². The van der Waals surface area contributed by atoms with E-state index >= 15 is 0 Å². The predicted molar refractivity (Wildman–Crippen MR) is 205 cm³/mol. The normalized spacial score (nSPS) is 11.6. The van der Waals surface area contributed by atoms with E-state index in [9.17, 15) is 0 Å². The van der Waals surface area contributed by atoms with E-state index in [-0.39, 0.29) is 0 Å². The van der Waals surface area contributed by atoms with E-state index in [1.807, 2.05) is 60.7 Å². The van der Waals surface area contributed by atoms with E-state index in [2.05, 4.69) is 97.1 Å². The summed E-state index contributed by atoms with van der Waals surface area (Å²) in [5.41, 5.74) is 8.59. The van der Waals surface area contributed by atoms with Crippen LogP contribution in [0.3, 0.4) is 0 Å². The number of hydrogen-bond donors (Lipinski definition) is 0. The second-order valence-electron chi connectivity index (χ2n) is 12.3. The second-order valence-corrected chi connectivity index (χ2v) is 13.3. The Morgan fingerprint density at radius 3 is 1.86 bits per heavy atom. The van der Waals surface area contributed by atoms with Crippen molar-refractivity contribution in [1.82, 2.24) is 19.9 Å². The maximum Gasteiger partial charge on any atom is 0.167 e. The molecular formula is C44H26N4OS. The molecule has 0 unspecified atom stereocenters. The molecule has 5 nitrogen and oxygen atoms in total. The summed E-state index contributed by atoms with van der Waals surface area (Å²) < 4.78 is 7.75. The molecule has 234 valence electrons. The van der Waals surface area contributed by atoms with Crippen LogP contribution in [0.25, 0.3) is 98.8 Å². The lowest BCUT2D eigenvalue weighted by Gasteiger charge is -2.09. The number of nitrogens with zero attached hydrogens (tertiary/aromatic N) is 4. The van der Waals surface area contributed by atoms with Gasteiger partial charge in [0.05, 0.1) is 15.8 Å². The van der Waals surface area contributed by atoms with Crippen molar-refractivity contribution < 1.29 is 4.42 Å². The van der Waals surface area contributed by atoms with E-state index < -0.39 is 0 Å². The first kappa shape index (κ1) is 28.5. The van der Waals surface area contributed by atoms with Gasteiger partial charge in [0.1, 0.15) is 16.2 Å². The highest BCUT2D eigenvalue weighted by atomic mass is 32.1. The average molecular weight is 659 g/mol. The number of thiazole rings is 1. The van der Waals surface area contributed by atoms with Crippen LogP contribution in [0.1, 0.15) is 0 Å². The van der Waals surface area contributed by atoms with Crippen LogP contribution in [0.15, 0.2) is 162 Å². The third kappa shape index (κ3) is 4.93. The molecule has 10 aromatic rings. The van der Waals surface area contributed by atoms with Gasteiger partial charge in [-0.05, 0) is 40.1 Å². The van der Waals surface area contributed by atoms with E-state index in [1.165, 1.54) is 16.5 Å². The molecule has 0 spiro atoms. The first-order valence-electron chi connectivity index (χ1n) is 16.5. The lowest BCUT2D eigenvalue weighted by molar-refractivity contribution is 0.670. The van der Waals surface area contributed by atoms with Crippen molar-refractivity contribution >= 4 is 54.3 Å². The molecule has 0 aliphatic rings. The van der Waals surface area contributed by atoms with E-state index in [0.29, 0.717) is 17.5 Å². The molecular weight excluding hydrogens is 633 g/mol. The van der Waals surface area contributed by atoms with Gasteiger partial charge >= 0.3 is 0 Å². The van der Waals surface area contributed by atoms with Crippen LogP contribution in [-0.4, -0.2) is 19.9 Å². The lowest BCUT2D eigenvalue weighted by atomic mass is 10.0. The van der Waals surface area contributed by atoms with Crippen LogP contribution in [0.2, 0.25) is 0 Å². The Labute approximate surface area is 291 Å². The molecule has 0 saturated carbocycles. The highest BCUT2D eigenvalue weighted by Gasteiger charge is 2.19. The minimum atomic E-state index is 0.563. The van der Waals surface area contributed by atoms with Crippen molar-refractivity contribution in [2.24, 2.45) is 0 Å². The fourth-order valence-corrected chi connectivity index (χ4v) is 7.62. The molecule has 0 atom stereocenters. The molecule has 0 radical (unpaired) electrons. The topological polar surface area (TPSA) is 64.7 Å². The summed E-state index contributed by atoms with van der Waals surface area (Å²) in [5, 5.41) is 5.33. The number of furan rings is 1. The largest absolute Gasteiger partial charge is 0.455 e. The lowest BCUT2D eigenvalue weighted by Crippen LogP contribution is -2.00. The third-order valence-corrected chi connectivity index (χ3v) is 10.2. The van der Waals surface area contributed by atoms with Gasteiger partial charge in [-0.25, -0.2) is 19.9 Å². The highest BCUT2D eigenvalue weighted by molar-refractivity contribution is 7.21. The van der Waals surface area contributed by atoms with Crippen LogP contribution in [0.4, 0.5) is 0 Å². The Morgan fingerprint density at radius 1 is 0.420 bits per heavy atom. The maximum atomic E-state index is 6.64. The predicted octanol–water partition coefficient (Wildman–Crippen LogP) is 11.9. The molecule has 3 heterocycles. The van der Waals surface area contributed by atoms with E-state index in [4.69, 9.17) is 24.4 Å². The Bertz CT molecular complexity index is 2860. The monoisotopic (exact) mass is 658 g/mol. The van der Waals surface area contributed by atoms with Gasteiger partial charge in [-0.3, -0.25) is 0 Å². The zero-order valence-corrected chi connectivity index (χ0v) is 27.4. The van der Waals surface area contributed by atoms with Gasteiger partial charge in [0.2, 0.25) is 0 Å². The Kier molecular flexibility index (Phi) is 6.60. The smallest absolute Gasteiger partial charge is 0.167 e. The van der Waals surface area contributed by atoms with Crippen LogP contribution in [-0.2, 0) is 0 Å². The Morgan fingerprint density at radius 2 is 1.06 bits per heavy atom. The Balaban J connectivity index is 1.08. The van der Waals surface area contributed by atoms with E-state index in [0.717, 1.165) is 64.8 Å². The zero-order chi connectivity index (χ0) is 33.0. The van der Waals surface area contributed by atoms with Crippen LogP contribution >= 0.6 is 11.3 Å². The van der Waals surface area contributed by atoms with Crippen molar-refractivity contribution in [1.29, 1.82) is 0 Å². The summed E-state index contributed by atoms with van der Waals surface area (Å²) >= 11 is 1.69. The minimum absolute atomic E-state index is 0.563. The maximum absolute atomic E-state index is 6.64. The number of aromatic nitrogens is 4. The van der Waals surface area contributed by atoms with Crippen molar-refractivity contribution in [3.8, 4) is 55.9 Å². The SMILES string of the molecule is c1ccc(-c2ccc(-c3nc4cc5oc6c(-c7nc(-c8ccccc8)nc(-c8ccc9ccccc9c8)n7)cccc6c5cc4s3)cc2)cc1. The summed E-state index contributed by atoms with van der Waals surface area (Å²) in [6, 6.07) is 54.1. The summed E-state index contributed by atoms with van der Waals surface area (Å²) in [6.07, 6.45) is 0. The van der Waals surface area contributed by atoms with Crippen LogP contribution < -0.4 is 0 Å². The number of hydrogen-bond acceptors (Lipinski definition) is 6. The number of rotatable bonds is 5. The number of para-hydroxylation sites is 1. The molecule has 0 fully saturated rings. The van der Waals surface area contributed by atoms with Crippen molar-refractivity contribution in [2.45, 2.75) is 0 Å². The molecule has 0 aliphatic heterocycles. The van der Waals surface area contributed by atoms with Gasteiger partial charge in [-0.1, -0.05) is 133 Å². The molecule has 0 saturated heterocycles. The Hall–Kier alpha value is -6.50. The fourth-order valence-electron chi connectivity index (χ4n) is 6.62. The quantitative estimate of drug-likeness (QED) is 0.184. The second kappa shape index (κ2) is 11.6. The fraction of sp³-hybridized carbons (Fsp3) is 0. The number of benzene rings is 7. The molecule has 50 heavy (non-hydrogen) atoms. The molecule has 10 rings (SSSR count). The molecule has 7 aromatic carbocycles. The molecule has 0 N–H and O–H groups in total. The van der Waals surface area contributed by atoms with Crippen molar-refractivity contribution in [2.75, 3.05) is 0 Å². The summed E-state index contributed by atoms with van der Waals surface area (Å²) in [4.78, 5) is 20.0. The van der Waals surface area contributed by atoms with E-state index in [1.54, 1.807) is 11.3 Å². The van der Waals surface area contributed by atoms with Crippen LogP contribution in [0.5, 0.6) is 0 Å². The third-order valence-electron chi connectivity index (χ3n) is 9.16. The molecule has 3 aromatic heterocycles. The summed E-state index contributed by atoms with van der Waals surface area (Å²) in [5.74, 6) is 1.79. The first-order valence-corrected chi connectivity index (χ1v) is 17.3. The van der Waals surface area contributed by atoms with Gasteiger partial charge in [-0.15, -0.1) is 11.3 Å². The highest BCUT2D eigenvalue weighted by Crippen LogP contribution is 2.40. The molecule has 6 heteroatoms. The number of fused-ring (bicyclic) bond motifs is 5. The minimum Gasteiger partial charge on any atom is -0.455 e. The van der Waals surface area contributed by atoms with Gasteiger partial charge < -0.3 is 4.42 Å². The molecule has 0 aliphatic carbocycles. The molecule has 0 bridgehead atoms. The van der Waals surface area contributed by atoms with Crippen molar-refractivity contribution in [3.63, 3.8) is 0 Å². The van der Waals surface area contributed by atoms with Gasteiger partial charge in [-0.2, -0.15) is 0 Å². The molecule has 0 amide bonds. The van der Waals surface area contributed by atoms with Gasteiger partial charge in [0.15, 0.2) is 17.5 Å². The summed E-state index contributed by atoms with van der Waals surface area (Å²) in [6.45, 7) is 0. The zero-order valence-electron chi connectivity index (χ0n) is 26.6. The summed E-state index contributed by atoms with van der Waals surface area (Å²) in [7, 11) is 0. The van der Waals surface area contributed by atoms with Gasteiger partial charge in [0, 0.05) is 33.5 Å². The van der Waals surface area contributed by atoms with Gasteiger partial charge in [0.25, 0.3) is 0 Å². The average Bonchev–Trinajstić information content (AvgIpc) is 3.78. The standard InChI is InChI=1S/C44H26N4OS/c1-3-10-27(11-4-1)29-18-21-31(22-19-29)44-45-37-26-38-36(25-39(37)50-44)34-16-9-17-35(40(34)49-38)43-47-41(30-13-5-2-6-14-30)46-42(48-43)33-23-20-28-12-7-8-15-32(28)24-33/h1-26H.